The molecule has 2 aromatic rings. The number of carbonyl (C=O) groups is 1. The number of benzene rings is 2. The molecule has 9 heteroatoms. The van der Waals surface area contributed by atoms with E-state index in [0.717, 1.165) is 68.9 Å². The molecule has 0 radical (unpaired) electrons. The molecule has 2 saturated heterocycles. The molecule has 2 fully saturated rings. The molecule has 0 N–H and O–H groups in total. The fourth-order valence-corrected chi connectivity index (χ4v) is 5.88. The number of carbonyl (C=O) groups excluding carboxylic acids is 1. The predicted octanol–water partition coefficient (Wildman–Crippen LogP) is 5.27. The first-order valence-electron chi connectivity index (χ1n) is 13.8. The summed E-state index contributed by atoms with van der Waals surface area (Å²) in [6, 6.07) is 14.0. The van der Waals surface area contributed by atoms with Gasteiger partial charge >= 0.3 is 5.97 Å². The van der Waals surface area contributed by atoms with Gasteiger partial charge in [-0.05, 0) is 56.9 Å². The lowest BCUT2D eigenvalue weighted by molar-refractivity contribution is -0.156. The van der Waals surface area contributed by atoms with Crippen LogP contribution in [0.15, 0.2) is 47.6 Å². The zero-order valence-electron chi connectivity index (χ0n) is 23.1. The Kier molecular flexibility index (Phi) is 8.24. The van der Waals surface area contributed by atoms with Crippen molar-refractivity contribution in [2.45, 2.75) is 58.8 Å². The van der Waals surface area contributed by atoms with Crippen molar-refractivity contribution in [3.05, 3.63) is 58.6 Å². The molecule has 3 aliphatic rings. The van der Waals surface area contributed by atoms with Gasteiger partial charge in [-0.2, -0.15) is 0 Å². The summed E-state index contributed by atoms with van der Waals surface area (Å²) in [6.45, 7) is 11.1. The van der Waals surface area contributed by atoms with E-state index in [2.05, 4.69) is 15.0 Å². The third-order valence-electron chi connectivity index (χ3n) is 7.85. The molecule has 2 aromatic carbocycles. The van der Waals surface area contributed by atoms with Gasteiger partial charge in [0.15, 0.2) is 17.1 Å². The minimum absolute atomic E-state index is 0.0937. The molecular weight excluding hydrogens is 518 g/mol. The van der Waals surface area contributed by atoms with Gasteiger partial charge < -0.3 is 23.9 Å². The van der Waals surface area contributed by atoms with E-state index in [9.17, 15) is 4.79 Å². The second-order valence-corrected chi connectivity index (χ2v) is 11.4. The summed E-state index contributed by atoms with van der Waals surface area (Å²) in [6.07, 6.45) is 2.31. The van der Waals surface area contributed by atoms with Gasteiger partial charge in [-0.1, -0.05) is 47.1 Å². The average Bonchev–Trinajstić information content (AvgIpc) is 3.35. The number of piperidine rings is 1. The summed E-state index contributed by atoms with van der Waals surface area (Å²) < 4.78 is 17.2. The highest BCUT2D eigenvalue weighted by Gasteiger charge is 2.51. The molecule has 0 atom stereocenters. The Morgan fingerprint density at radius 1 is 1.05 bits per heavy atom. The Bertz CT molecular complexity index is 1190. The molecule has 0 bridgehead atoms. The molecule has 3 heterocycles. The summed E-state index contributed by atoms with van der Waals surface area (Å²) in [7, 11) is 0. The summed E-state index contributed by atoms with van der Waals surface area (Å²) in [5.41, 5.74) is 1.45. The maximum Gasteiger partial charge on any atom is 0.311 e. The third-order valence-corrected chi connectivity index (χ3v) is 8.13. The highest BCUT2D eigenvalue weighted by molar-refractivity contribution is 6.32. The Balaban J connectivity index is 1.14. The first-order valence-corrected chi connectivity index (χ1v) is 14.2. The molecule has 0 aromatic heterocycles. The van der Waals surface area contributed by atoms with E-state index in [1.54, 1.807) is 0 Å². The molecule has 5 rings (SSSR count). The molecule has 0 saturated carbocycles. The number of rotatable bonds is 9. The molecule has 210 valence electrons. The van der Waals surface area contributed by atoms with Crippen molar-refractivity contribution < 1.29 is 23.8 Å². The Hall–Kier alpha value is -2.97. The van der Waals surface area contributed by atoms with Crippen LogP contribution in [0, 0.1) is 5.41 Å². The number of esters is 1. The highest BCUT2D eigenvalue weighted by atomic mass is 35.5. The normalized spacial score (nSPS) is 19.7. The Morgan fingerprint density at radius 2 is 1.79 bits per heavy atom. The number of hydrogen-bond donors (Lipinski definition) is 0. The summed E-state index contributed by atoms with van der Waals surface area (Å²) in [5, 5.41) is 5.00. The van der Waals surface area contributed by atoms with Crippen LogP contribution in [0.2, 0.25) is 5.02 Å². The van der Waals surface area contributed by atoms with Crippen LogP contribution in [-0.4, -0.2) is 66.6 Å². The Morgan fingerprint density at radius 3 is 2.49 bits per heavy atom. The molecule has 39 heavy (non-hydrogen) atoms. The maximum atomic E-state index is 12.4. The quantitative estimate of drug-likeness (QED) is 0.390. The number of hydrogen-bond acceptors (Lipinski definition) is 8. The zero-order valence-corrected chi connectivity index (χ0v) is 23.8. The first-order chi connectivity index (χ1) is 18.8. The lowest BCUT2D eigenvalue weighted by atomic mass is 9.80. The molecular formula is C30H38ClN3O5. The van der Waals surface area contributed by atoms with Gasteiger partial charge in [0.2, 0.25) is 0 Å². The topological polar surface area (TPSA) is 72.8 Å². The molecule has 0 amide bonds. The molecule has 8 nitrogen and oxygen atoms in total. The average molecular weight is 556 g/mol. The van der Waals surface area contributed by atoms with Crippen LogP contribution >= 0.6 is 11.6 Å². The smallest absolute Gasteiger partial charge is 0.311 e. The molecule has 0 aliphatic carbocycles. The minimum Gasteiger partial charge on any atom is -0.490 e. The van der Waals surface area contributed by atoms with Crippen molar-refractivity contribution in [3.8, 4) is 11.5 Å². The van der Waals surface area contributed by atoms with E-state index < -0.39 is 5.41 Å². The van der Waals surface area contributed by atoms with Crippen LogP contribution in [0.4, 0.5) is 0 Å². The van der Waals surface area contributed by atoms with Gasteiger partial charge in [0.25, 0.3) is 0 Å². The van der Waals surface area contributed by atoms with Gasteiger partial charge in [0, 0.05) is 32.7 Å². The van der Waals surface area contributed by atoms with Crippen LogP contribution in [0.25, 0.3) is 0 Å². The summed E-state index contributed by atoms with van der Waals surface area (Å²) in [5.74, 6) is 2.13. The predicted molar refractivity (Wildman–Crippen MR) is 150 cm³/mol. The SMILES string of the molecule is CCOC(=O)C1(C)CCN(C2=NOC3(C2)CN(Cc2cc(Cl)c(OCc4ccccc4)c(OCC)c2)C3)CC1. The summed E-state index contributed by atoms with van der Waals surface area (Å²) in [4.78, 5) is 22.9. The van der Waals surface area contributed by atoms with Gasteiger partial charge in [0.1, 0.15) is 12.4 Å². The number of nitrogens with zero attached hydrogens (tertiary/aromatic N) is 3. The van der Waals surface area contributed by atoms with Gasteiger partial charge in [-0.15, -0.1) is 0 Å². The van der Waals surface area contributed by atoms with Crippen LogP contribution in [0.3, 0.4) is 0 Å². The summed E-state index contributed by atoms with van der Waals surface area (Å²) >= 11 is 6.66. The van der Waals surface area contributed by atoms with Crippen LogP contribution in [-0.2, 0) is 27.5 Å². The number of oxime groups is 1. The van der Waals surface area contributed by atoms with Gasteiger partial charge in [-0.3, -0.25) is 9.69 Å². The van der Waals surface area contributed by atoms with E-state index in [-0.39, 0.29) is 11.6 Å². The van der Waals surface area contributed by atoms with Crippen molar-refractivity contribution >= 4 is 23.4 Å². The van der Waals surface area contributed by atoms with Crippen LogP contribution in [0.1, 0.15) is 51.2 Å². The van der Waals surface area contributed by atoms with Crippen molar-refractivity contribution in [1.29, 1.82) is 0 Å². The highest BCUT2D eigenvalue weighted by Crippen LogP contribution is 2.41. The lowest BCUT2D eigenvalue weighted by Crippen LogP contribution is -2.61. The second-order valence-electron chi connectivity index (χ2n) is 11.0. The standard InChI is InChI=1S/C30H38ClN3O5/c1-4-36-25-16-23(15-24(31)27(25)38-19-22-9-7-6-8-10-22)18-33-20-30(21-33)17-26(32-39-30)34-13-11-29(3,12-14-34)28(35)37-5-2/h6-10,15-16H,4-5,11-14,17-21H2,1-3H3. The fourth-order valence-electron chi connectivity index (χ4n) is 5.59. The molecule has 1 spiro atoms. The Labute approximate surface area is 235 Å². The monoisotopic (exact) mass is 555 g/mol. The number of likely N-dealkylation sites (tertiary alicyclic amines) is 2. The second kappa shape index (κ2) is 11.6. The van der Waals surface area contributed by atoms with E-state index in [1.165, 1.54) is 0 Å². The van der Waals surface area contributed by atoms with E-state index >= 15 is 0 Å². The maximum absolute atomic E-state index is 12.4. The van der Waals surface area contributed by atoms with Crippen molar-refractivity contribution in [2.75, 3.05) is 39.4 Å². The lowest BCUT2D eigenvalue weighted by Gasteiger charge is -2.45. The molecule has 3 aliphatic heterocycles. The largest absolute Gasteiger partial charge is 0.490 e. The van der Waals surface area contributed by atoms with Crippen LogP contribution in [0.5, 0.6) is 11.5 Å². The van der Waals surface area contributed by atoms with Crippen molar-refractivity contribution in [2.24, 2.45) is 10.6 Å². The number of ether oxygens (including phenoxy) is 3. The first kappa shape index (κ1) is 27.6. The van der Waals surface area contributed by atoms with E-state index in [4.69, 9.17) is 30.6 Å². The fraction of sp³-hybridized carbons (Fsp3) is 0.533. The van der Waals surface area contributed by atoms with Crippen molar-refractivity contribution in [3.63, 3.8) is 0 Å². The molecule has 0 unspecified atom stereocenters. The number of amidine groups is 1. The van der Waals surface area contributed by atoms with Crippen LogP contribution < -0.4 is 9.47 Å². The van der Waals surface area contributed by atoms with Gasteiger partial charge in [-0.25, -0.2) is 0 Å². The van der Waals surface area contributed by atoms with Crippen molar-refractivity contribution in [1.82, 2.24) is 9.80 Å². The minimum atomic E-state index is -0.415. The third kappa shape index (κ3) is 6.12. The van der Waals surface area contributed by atoms with E-state index in [0.29, 0.717) is 36.3 Å². The zero-order chi connectivity index (χ0) is 27.5. The number of halogens is 1. The van der Waals surface area contributed by atoms with Gasteiger partial charge in [0.05, 0.1) is 30.1 Å². The van der Waals surface area contributed by atoms with E-state index in [1.807, 2.05) is 63.2 Å².